The van der Waals surface area contributed by atoms with Crippen LogP contribution in [0, 0.1) is 0 Å². The van der Waals surface area contributed by atoms with Crippen LogP contribution in [0.15, 0.2) is 24.3 Å². The summed E-state index contributed by atoms with van der Waals surface area (Å²) in [5, 5.41) is 3.04. The van der Waals surface area contributed by atoms with Gasteiger partial charge in [-0.15, -0.1) is 0 Å². The number of hydrogen-bond acceptors (Lipinski definition) is 4. The highest BCUT2D eigenvalue weighted by Crippen LogP contribution is 2.28. The number of nitrogens with zero attached hydrogens (tertiary/aromatic N) is 1. The molecule has 0 aromatic heterocycles. The lowest BCUT2D eigenvalue weighted by molar-refractivity contribution is -0.117. The van der Waals surface area contributed by atoms with Gasteiger partial charge in [-0.1, -0.05) is 12.1 Å². The molecule has 6 heteroatoms. The third-order valence-electron chi connectivity index (χ3n) is 2.82. The molecular formula is C12H16N2O3S. The Morgan fingerprint density at radius 2 is 2.06 bits per heavy atom. The molecule has 0 unspecified atom stereocenters. The van der Waals surface area contributed by atoms with Crippen molar-refractivity contribution in [2.45, 2.75) is 6.42 Å². The number of para-hydroxylation sites is 2. The molecule has 1 amide bonds. The summed E-state index contributed by atoms with van der Waals surface area (Å²) in [5.41, 5.74) is 1.73. The Kier molecular flexibility index (Phi) is 3.56. The van der Waals surface area contributed by atoms with Crippen molar-refractivity contribution < 1.29 is 13.2 Å². The van der Waals surface area contributed by atoms with Crippen LogP contribution in [0.4, 0.5) is 11.4 Å². The van der Waals surface area contributed by atoms with Gasteiger partial charge in [0, 0.05) is 12.8 Å². The second-order valence-corrected chi connectivity index (χ2v) is 6.66. The van der Waals surface area contributed by atoms with Crippen LogP contribution in [0.3, 0.4) is 0 Å². The van der Waals surface area contributed by atoms with E-state index in [9.17, 15) is 13.2 Å². The zero-order chi connectivity index (χ0) is 13.2. The number of hydrogen-bond donors (Lipinski definition) is 1. The van der Waals surface area contributed by atoms with Gasteiger partial charge in [0.1, 0.15) is 9.84 Å². The molecule has 0 spiro atoms. The van der Waals surface area contributed by atoms with Crippen molar-refractivity contribution in [2.75, 3.05) is 35.3 Å². The van der Waals surface area contributed by atoms with Crippen LogP contribution in [-0.2, 0) is 14.6 Å². The number of carbonyl (C=O) groups is 1. The molecule has 0 radical (unpaired) electrons. The Morgan fingerprint density at radius 3 is 2.78 bits per heavy atom. The molecule has 1 aliphatic rings. The number of anilines is 2. The number of fused-ring (bicyclic) bond motifs is 1. The number of amides is 1. The smallest absolute Gasteiger partial charge is 0.246 e. The minimum absolute atomic E-state index is 0.0257. The van der Waals surface area contributed by atoms with E-state index in [1.54, 1.807) is 4.90 Å². The summed E-state index contributed by atoms with van der Waals surface area (Å²) in [7, 11) is -2.97. The summed E-state index contributed by atoms with van der Waals surface area (Å²) in [5.74, 6) is 0.0778. The van der Waals surface area contributed by atoms with Crippen LogP contribution in [0.5, 0.6) is 0 Å². The van der Waals surface area contributed by atoms with Crippen molar-refractivity contribution >= 4 is 27.1 Å². The van der Waals surface area contributed by atoms with Gasteiger partial charge < -0.3 is 10.2 Å². The van der Waals surface area contributed by atoms with E-state index in [4.69, 9.17) is 0 Å². The molecule has 0 aliphatic carbocycles. The molecule has 5 nitrogen and oxygen atoms in total. The minimum atomic E-state index is -2.97. The van der Waals surface area contributed by atoms with Gasteiger partial charge in [0.2, 0.25) is 5.91 Å². The fraction of sp³-hybridized carbons (Fsp3) is 0.417. The lowest BCUT2D eigenvalue weighted by Crippen LogP contribution is -2.40. The van der Waals surface area contributed by atoms with Gasteiger partial charge in [-0.2, -0.15) is 0 Å². The van der Waals surface area contributed by atoms with E-state index in [0.29, 0.717) is 13.0 Å². The van der Waals surface area contributed by atoms with Crippen molar-refractivity contribution in [3.05, 3.63) is 24.3 Å². The highest BCUT2D eigenvalue weighted by Gasteiger charge is 2.23. The third-order valence-corrected chi connectivity index (χ3v) is 3.85. The van der Waals surface area contributed by atoms with E-state index in [0.717, 1.165) is 11.4 Å². The first-order valence-electron chi connectivity index (χ1n) is 5.78. The number of benzene rings is 1. The molecule has 0 saturated heterocycles. The number of rotatable bonds is 4. The normalized spacial score (nSPS) is 15.2. The van der Waals surface area contributed by atoms with E-state index >= 15 is 0 Å². The second-order valence-electron chi connectivity index (χ2n) is 4.40. The summed E-state index contributed by atoms with van der Waals surface area (Å²) in [6.07, 6.45) is 1.67. The van der Waals surface area contributed by atoms with Crippen LogP contribution < -0.4 is 10.2 Å². The van der Waals surface area contributed by atoms with Gasteiger partial charge in [-0.25, -0.2) is 8.42 Å². The van der Waals surface area contributed by atoms with Gasteiger partial charge in [0.15, 0.2) is 0 Å². The van der Waals surface area contributed by atoms with Crippen LogP contribution >= 0.6 is 0 Å². The molecule has 18 heavy (non-hydrogen) atoms. The molecule has 1 N–H and O–H groups in total. The van der Waals surface area contributed by atoms with Crippen LogP contribution in [0.25, 0.3) is 0 Å². The fourth-order valence-corrected chi connectivity index (χ4v) is 2.64. The molecule has 1 aromatic carbocycles. The molecule has 0 atom stereocenters. The van der Waals surface area contributed by atoms with E-state index < -0.39 is 9.84 Å². The largest absolute Gasteiger partial charge is 0.374 e. The maximum absolute atomic E-state index is 11.8. The molecule has 0 bridgehead atoms. The summed E-state index contributed by atoms with van der Waals surface area (Å²) in [4.78, 5) is 13.5. The predicted molar refractivity (Wildman–Crippen MR) is 71.6 cm³/mol. The van der Waals surface area contributed by atoms with E-state index in [1.165, 1.54) is 6.26 Å². The molecule has 0 saturated carbocycles. The second kappa shape index (κ2) is 4.97. The average molecular weight is 268 g/mol. The Labute approximate surface area is 107 Å². The van der Waals surface area contributed by atoms with Crippen molar-refractivity contribution in [1.82, 2.24) is 0 Å². The third kappa shape index (κ3) is 3.01. The highest BCUT2D eigenvalue weighted by molar-refractivity contribution is 7.90. The topological polar surface area (TPSA) is 66.5 Å². The SMILES string of the molecule is CS(=O)(=O)CCCN1C(=O)CNc2ccccc21. The first kappa shape index (κ1) is 12.9. The van der Waals surface area contributed by atoms with Gasteiger partial charge in [-0.3, -0.25) is 4.79 Å². The van der Waals surface area contributed by atoms with Gasteiger partial charge in [0.05, 0.1) is 23.7 Å². The number of nitrogens with one attached hydrogen (secondary N) is 1. The lowest BCUT2D eigenvalue weighted by atomic mass is 10.2. The zero-order valence-electron chi connectivity index (χ0n) is 10.2. The quantitative estimate of drug-likeness (QED) is 0.880. The summed E-state index contributed by atoms with van der Waals surface area (Å²) in [6.45, 7) is 0.695. The number of carbonyl (C=O) groups excluding carboxylic acids is 1. The Bertz CT molecular complexity index is 554. The van der Waals surface area contributed by atoms with E-state index in [1.807, 2.05) is 24.3 Å². The maximum Gasteiger partial charge on any atom is 0.246 e. The van der Waals surface area contributed by atoms with Gasteiger partial charge in [-0.05, 0) is 18.6 Å². The van der Waals surface area contributed by atoms with Gasteiger partial charge >= 0.3 is 0 Å². The van der Waals surface area contributed by atoms with Crippen molar-refractivity contribution in [1.29, 1.82) is 0 Å². The first-order chi connectivity index (χ1) is 8.47. The Morgan fingerprint density at radius 1 is 1.33 bits per heavy atom. The highest BCUT2D eigenvalue weighted by atomic mass is 32.2. The predicted octanol–water partition coefficient (Wildman–Crippen LogP) is 0.880. The van der Waals surface area contributed by atoms with Crippen LogP contribution in [-0.4, -0.2) is 39.4 Å². The van der Waals surface area contributed by atoms with E-state index in [-0.39, 0.29) is 18.2 Å². The summed E-state index contributed by atoms with van der Waals surface area (Å²) < 4.78 is 22.2. The Hall–Kier alpha value is -1.56. The molecule has 1 heterocycles. The minimum Gasteiger partial charge on any atom is -0.374 e. The molecule has 0 fully saturated rings. The van der Waals surface area contributed by atoms with Crippen LogP contribution in [0.1, 0.15) is 6.42 Å². The molecule has 98 valence electrons. The molecular weight excluding hydrogens is 252 g/mol. The maximum atomic E-state index is 11.8. The van der Waals surface area contributed by atoms with Gasteiger partial charge in [0.25, 0.3) is 0 Å². The van der Waals surface area contributed by atoms with Crippen molar-refractivity contribution in [3.8, 4) is 0 Å². The number of sulfone groups is 1. The average Bonchev–Trinajstić information content (AvgIpc) is 2.31. The summed E-state index contributed by atoms with van der Waals surface area (Å²) >= 11 is 0. The zero-order valence-corrected chi connectivity index (χ0v) is 11.0. The summed E-state index contributed by atoms with van der Waals surface area (Å²) in [6, 6.07) is 7.53. The molecule has 1 aromatic rings. The van der Waals surface area contributed by atoms with E-state index in [2.05, 4.69) is 5.32 Å². The fourth-order valence-electron chi connectivity index (χ4n) is 1.99. The van der Waals surface area contributed by atoms with Crippen LogP contribution in [0.2, 0.25) is 0 Å². The molecule has 2 rings (SSSR count). The lowest BCUT2D eigenvalue weighted by Gasteiger charge is -2.30. The Balaban J connectivity index is 2.10. The van der Waals surface area contributed by atoms with Crippen molar-refractivity contribution in [2.24, 2.45) is 0 Å². The molecule has 1 aliphatic heterocycles. The van der Waals surface area contributed by atoms with Crippen molar-refractivity contribution in [3.63, 3.8) is 0 Å². The monoisotopic (exact) mass is 268 g/mol. The first-order valence-corrected chi connectivity index (χ1v) is 7.84. The standard InChI is InChI=1S/C12H16N2O3S/c1-18(16,17)8-4-7-14-11-6-3-2-5-10(11)13-9-12(14)15/h2-3,5-6,13H,4,7-9H2,1H3.